The molecule has 3 N–H and O–H groups in total. The molecule has 0 spiro atoms. The second kappa shape index (κ2) is 7.20. The van der Waals surface area contributed by atoms with Gasteiger partial charge in [0, 0.05) is 13.2 Å². The molecule has 1 aromatic carbocycles. The Bertz CT molecular complexity index is 740. The van der Waals surface area contributed by atoms with Crippen molar-refractivity contribution in [1.82, 2.24) is 15.5 Å². The molecule has 25 heavy (non-hydrogen) atoms. The number of hydrogen-bond acceptors (Lipinski definition) is 7. The number of carbonyl (C=O) groups is 1. The van der Waals surface area contributed by atoms with Gasteiger partial charge in [0.2, 0.25) is 17.6 Å². The number of methoxy groups -OCH3 is 1. The molecule has 1 fully saturated rings. The highest BCUT2D eigenvalue weighted by molar-refractivity contribution is 5.86. The maximum Gasteiger partial charge on any atom is 0.249 e. The van der Waals surface area contributed by atoms with Gasteiger partial charge in [0.15, 0.2) is 0 Å². The maximum absolute atomic E-state index is 12.5. The van der Waals surface area contributed by atoms with E-state index in [1.54, 1.807) is 14.0 Å². The van der Waals surface area contributed by atoms with Crippen LogP contribution in [0, 0.1) is 0 Å². The number of ether oxygens (including phenoxy) is 2. The van der Waals surface area contributed by atoms with Crippen LogP contribution < -0.4 is 15.8 Å². The van der Waals surface area contributed by atoms with E-state index < -0.39 is 11.6 Å². The van der Waals surface area contributed by atoms with E-state index in [4.69, 9.17) is 19.7 Å². The molecule has 1 aliphatic heterocycles. The monoisotopic (exact) mass is 346 g/mol. The van der Waals surface area contributed by atoms with E-state index >= 15 is 0 Å². The van der Waals surface area contributed by atoms with E-state index in [0.29, 0.717) is 43.5 Å². The van der Waals surface area contributed by atoms with E-state index in [9.17, 15) is 4.79 Å². The summed E-state index contributed by atoms with van der Waals surface area (Å²) in [6, 6.07) is 6.93. The largest absolute Gasteiger partial charge is 0.496 e. The molecule has 0 aliphatic carbocycles. The van der Waals surface area contributed by atoms with Gasteiger partial charge >= 0.3 is 0 Å². The van der Waals surface area contributed by atoms with Gasteiger partial charge in [-0.3, -0.25) is 4.79 Å². The number of amides is 1. The van der Waals surface area contributed by atoms with Crippen LogP contribution in [0.5, 0.6) is 5.75 Å². The highest BCUT2D eigenvalue weighted by Gasteiger charge is 2.37. The number of nitrogens with one attached hydrogen (secondary N) is 1. The first-order valence-electron chi connectivity index (χ1n) is 8.18. The van der Waals surface area contributed by atoms with Crippen LogP contribution in [0.1, 0.15) is 31.7 Å². The van der Waals surface area contributed by atoms with Crippen molar-refractivity contribution < 1.29 is 18.8 Å². The molecule has 1 amide bonds. The van der Waals surface area contributed by atoms with Gasteiger partial charge in [-0.1, -0.05) is 17.3 Å². The highest BCUT2D eigenvalue weighted by Crippen LogP contribution is 2.28. The first-order valence-corrected chi connectivity index (χ1v) is 8.18. The summed E-state index contributed by atoms with van der Waals surface area (Å²) in [4.78, 5) is 16.9. The Morgan fingerprint density at radius 2 is 2.08 bits per heavy atom. The molecule has 8 heteroatoms. The van der Waals surface area contributed by atoms with Crippen LogP contribution in [-0.4, -0.2) is 41.9 Å². The van der Waals surface area contributed by atoms with Gasteiger partial charge in [0.05, 0.1) is 18.2 Å². The van der Waals surface area contributed by atoms with Crippen molar-refractivity contribution in [2.45, 2.75) is 31.3 Å². The van der Waals surface area contributed by atoms with Gasteiger partial charge < -0.3 is 25.0 Å². The summed E-state index contributed by atoms with van der Waals surface area (Å²) >= 11 is 0. The molecule has 2 aromatic rings. The third-order valence-electron chi connectivity index (χ3n) is 4.34. The topological polar surface area (TPSA) is 113 Å². The average Bonchev–Trinajstić information content (AvgIpc) is 3.12. The molecule has 3 rings (SSSR count). The third kappa shape index (κ3) is 3.64. The second-order valence-corrected chi connectivity index (χ2v) is 6.12. The van der Waals surface area contributed by atoms with E-state index in [1.807, 2.05) is 24.3 Å². The number of benzene rings is 1. The summed E-state index contributed by atoms with van der Waals surface area (Å²) in [6.45, 7) is 2.74. The molecule has 0 bridgehead atoms. The Morgan fingerprint density at radius 3 is 2.80 bits per heavy atom. The zero-order chi connectivity index (χ0) is 17.9. The van der Waals surface area contributed by atoms with Crippen LogP contribution in [-0.2, 0) is 9.53 Å². The lowest BCUT2D eigenvalue weighted by Gasteiger charge is -2.32. The first kappa shape index (κ1) is 17.4. The van der Waals surface area contributed by atoms with Crippen LogP contribution in [0.4, 0.5) is 0 Å². The van der Waals surface area contributed by atoms with Crippen molar-refractivity contribution >= 4 is 5.91 Å². The van der Waals surface area contributed by atoms with Gasteiger partial charge in [0.25, 0.3) is 0 Å². The molecule has 8 nitrogen and oxygen atoms in total. The lowest BCUT2D eigenvalue weighted by atomic mass is 9.90. The van der Waals surface area contributed by atoms with Crippen LogP contribution >= 0.6 is 0 Å². The first-order chi connectivity index (χ1) is 12.0. The fraction of sp³-hybridized carbons (Fsp3) is 0.471. The fourth-order valence-electron chi connectivity index (χ4n) is 2.71. The number of nitrogens with two attached hydrogens (primary N) is 1. The summed E-state index contributed by atoms with van der Waals surface area (Å²) < 4.78 is 15.9. The molecule has 2 heterocycles. The summed E-state index contributed by atoms with van der Waals surface area (Å²) in [5, 5.41) is 6.84. The van der Waals surface area contributed by atoms with Crippen molar-refractivity contribution in [2.24, 2.45) is 5.73 Å². The lowest BCUT2D eigenvalue weighted by Crippen LogP contribution is -2.57. The van der Waals surface area contributed by atoms with Gasteiger partial charge in [-0.15, -0.1) is 0 Å². The van der Waals surface area contributed by atoms with Crippen molar-refractivity contribution in [2.75, 3.05) is 20.3 Å². The molecular weight excluding hydrogens is 324 g/mol. The minimum Gasteiger partial charge on any atom is -0.496 e. The predicted octanol–water partition coefficient (Wildman–Crippen LogP) is 1.43. The molecule has 0 radical (unpaired) electrons. The van der Waals surface area contributed by atoms with Crippen LogP contribution in [0.25, 0.3) is 11.4 Å². The Kier molecular flexibility index (Phi) is 5.00. The molecule has 1 unspecified atom stereocenters. The molecule has 134 valence electrons. The minimum atomic E-state index is -0.919. The Labute approximate surface area is 145 Å². The summed E-state index contributed by atoms with van der Waals surface area (Å²) in [5.41, 5.74) is 5.99. The average molecular weight is 346 g/mol. The third-order valence-corrected chi connectivity index (χ3v) is 4.34. The van der Waals surface area contributed by atoms with Gasteiger partial charge in [0.1, 0.15) is 11.8 Å². The number of carbonyl (C=O) groups excluding carboxylic acids is 1. The van der Waals surface area contributed by atoms with Crippen LogP contribution in [0.15, 0.2) is 28.8 Å². The van der Waals surface area contributed by atoms with E-state index in [0.717, 1.165) is 5.56 Å². The summed E-state index contributed by atoms with van der Waals surface area (Å²) in [5.74, 6) is 1.13. The molecule has 1 aliphatic rings. The molecule has 0 saturated carbocycles. The maximum atomic E-state index is 12.5. The predicted molar refractivity (Wildman–Crippen MR) is 89.8 cm³/mol. The van der Waals surface area contributed by atoms with Gasteiger partial charge in [-0.05, 0) is 31.9 Å². The molecular formula is C17H22N4O4. The number of nitrogens with zero attached hydrogens (tertiary/aromatic N) is 2. The quantitative estimate of drug-likeness (QED) is 0.842. The van der Waals surface area contributed by atoms with Crippen molar-refractivity contribution in [3.05, 3.63) is 30.2 Å². The second-order valence-electron chi connectivity index (χ2n) is 6.12. The Balaban J connectivity index is 1.72. The van der Waals surface area contributed by atoms with Crippen LogP contribution in [0.3, 0.4) is 0 Å². The molecule has 1 atom stereocenters. The van der Waals surface area contributed by atoms with Crippen LogP contribution in [0.2, 0.25) is 0 Å². The minimum absolute atomic E-state index is 0.236. The van der Waals surface area contributed by atoms with Crippen molar-refractivity contribution in [3.8, 4) is 17.1 Å². The molecule has 1 aromatic heterocycles. The Hall–Kier alpha value is -2.45. The fourth-order valence-corrected chi connectivity index (χ4v) is 2.71. The van der Waals surface area contributed by atoms with E-state index in [-0.39, 0.29) is 5.91 Å². The Morgan fingerprint density at radius 1 is 1.36 bits per heavy atom. The summed E-state index contributed by atoms with van der Waals surface area (Å²) in [6.07, 6.45) is 0.976. The van der Waals surface area contributed by atoms with Gasteiger partial charge in [-0.25, -0.2) is 0 Å². The molecule has 1 saturated heterocycles. The van der Waals surface area contributed by atoms with Crippen molar-refractivity contribution in [1.29, 1.82) is 0 Å². The van der Waals surface area contributed by atoms with E-state index in [2.05, 4.69) is 15.5 Å². The zero-order valence-corrected chi connectivity index (χ0v) is 14.3. The number of para-hydroxylation sites is 1. The number of rotatable bonds is 5. The van der Waals surface area contributed by atoms with Gasteiger partial charge in [-0.2, -0.15) is 4.98 Å². The zero-order valence-electron chi connectivity index (χ0n) is 14.3. The standard InChI is InChI=1S/C17H22N4O4/c1-11(19-16(22)17(18)7-9-24-10-8-17)15-20-14(21-25-15)12-5-3-4-6-13(12)23-2/h3-6,11H,7-10,18H2,1-2H3,(H,19,22). The normalized spacial score (nSPS) is 17.7. The SMILES string of the molecule is COc1ccccc1-c1noc(C(C)NC(=O)C2(N)CCOCC2)n1. The number of aromatic nitrogens is 2. The summed E-state index contributed by atoms with van der Waals surface area (Å²) in [7, 11) is 1.58. The van der Waals surface area contributed by atoms with Crippen molar-refractivity contribution in [3.63, 3.8) is 0 Å². The van der Waals surface area contributed by atoms with E-state index in [1.165, 1.54) is 0 Å². The lowest BCUT2D eigenvalue weighted by molar-refractivity contribution is -0.130. The smallest absolute Gasteiger partial charge is 0.249 e. The number of hydrogen-bond donors (Lipinski definition) is 2. The highest BCUT2D eigenvalue weighted by atomic mass is 16.5.